The summed E-state index contributed by atoms with van der Waals surface area (Å²) >= 11 is 5.77. The molecule has 3 heteroatoms. The highest BCUT2D eigenvalue weighted by atomic mass is 35.5. The van der Waals surface area contributed by atoms with Gasteiger partial charge in [0, 0.05) is 23.7 Å². The number of anilines is 1. The lowest BCUT2D eigenvalue weighted by atomic mass is 10.2. The lowest BCUT2D eigenvalue weighted by molar-refractivity contribution is -0.118. The molecule has 0 unspecified atom stereocenters. The average Bonchev–Trinajstić information content (AvgIpc) is 2.21. The fourth-order valence-electron chi connectivity index (χ4n) is 1.31. The van der Waals surface area contributed by atoms with E-state index in [0.29, 0.717) is 18.0 Å². The van der Waals surface area contributed by atoms with Crippen LogP contribution in [0.15, 0.2) is 24.3 Å². The maximum absolute atomic E-state index is 11.5. The molecule has 1 amide bonds. The monoisotopic (exact) mass is 211 g/mol. The Balaban J connectivity index is 2.89. The van der Waals surface area contributed by atoms with Crippen LogP contribution in [0.25, 0.3) is 0 Å². The van der Waals surface area contributed by atoms with E-state index in [2.05, 4.69) is 0 Å². The minimum absolute atomic E-state index is 0.134. The smallest absolute Gasteiger partial charge is 0.226 e. The minimum Gasteiger partial charge on any atom is -0.313 e. The molecule has 0 saturated heterocycles. The van der Waals surface area contributed by atoms with E-state index in [1.54, 1.807) is 17.0 Å². The van der Waals surface area contributed by atoms with Gasteiger partial charge in [0.25, 0.3) is 0 Å². The molecule has 2 nitrogen and oxygen atoms in total. The van der Waals surface area contributed by atoms with Gasteiger partial charge >= 0.3 is 0 Å². The topological polar surface area (TPSA) is 20.3 Å². The number of nitrogens with zero attached hydrogens (tertiary/aromatic N) is 1. The molecule has 0 aliphatic rings. The number of benzene rings is 1. The zero-order chi connectivity index (χ0) is 10.6. The molecule has 0 fully saturated rings. The van der Waals surface area contributed by atoms with Crippen molar-refractivity contribution in [2.75, 3.05) is 11.4 Å². The van der Waals surface area contributed by atoms with Crippen LogP contribution in [0.3, 0.4) is 0 Å². The summed E-state index contributed by atoms with van der Waals surface area (Å²) in [5.41, 5.74) is 0.906. The number of hydrogen-bond donors (Lipinski definition) is 0. The number of carbonyl (C=O) groups excluding carboxylic acids is 1. The average molecular weight is 212 g/mol. The van der Waals surface area contributed by atoms with Crippen molar-refractivity contribution in [3.8, 4) is 0 Å². The molecule has 0 aliphatic carbocycles. The molecule has 76 valence electrons. The molecule has 0 radical (unpaired) electrons. The Morgan fingerprint density at radius 1 is 1.29 bits per heavy atom. The van der Waals surface area contributed by atoms with Crippen molar-refractivity contribution in [1.29, 1.82) is 0 Å². The molecule has 0 saturated carbocycles. The zero-order valence-electron chi connectivity index (χ0n) is 8.46. The van der Waals surface area contributed by atoms with Gasteiger partial charge in [-0.05, 0) is 31.2 Å². The number of rotatable bonds is 3. The highest BCUT2D eigenvalue weighted by molar-refractivity contribution is 6.30. The van der Waals surface area contributed by atoms with Gasteiger partial charge in [-0.15, -0.1) is 0 Å². The summed E-state index contributed by atoms with van der Waals surface area (Å²) < 4.78 is 0. The van der Waals surface area contributed by atoms with Crippen molar-refractivity contribution in [2.45, 2.75) is 20.3 Å². The van der Waals surface area contributed by atoms with Crippen LogP contribution in [0.4, 0.5) is 5.69 Å². The Hall–Kier alpha value is -1.02. The van der Waals surface area contributed by atoms with E-state index in [1.165, 1.54) is 0 Å². The number of amides is 1. The molecule has 0 bridgehead atoms. The molecule has 1 aromatic rings. The van der Waals surface area contributed by atoms with E-state index in [4.69, 9.17) is 11.6 Å². The number of halogens is 1. The summed E-state index contributed by atoms with van der Waals surface area (Å²) in [5.74, 6) is 0.134. The van der Waals surface area contributed by atoms with E-state index in [0.717, 1.165) is 5.69 Å². The van der Waals surface area contributed by atoms with Crippen LogP contribution in [0.1, 0.15) is 20.3 Å². The van der Waals surface area contributed by atoms with Gasteiger partial charge in [-0.1, -0.05) is 18.5 Å². The molecule has 1 aromatic carbocycles. The molecule has 0 heterocycles. The maximum Gasteiger partial charge on any atom is 0.226 e. The first kappa shape index (κ1) is 11.1. The lowest BCUT2D eigenvalue weighted by Gasteiger charge is -2.20. The van der Waals surface area contributed by atoms with E-state index in [1.807, 2.05) is 26.0 Å². The largest absolute Gasteiger partial charge is 0.313 e. The second kappa shape index (κ2) is 5.01. The standard InChI is InChI=1S/C11H14ClNO/c1-3-11(14)13(4-2)10-7-5-9(12)6-8-10/h5-8H,3-4H2,1-2H3. The third-order valence-electron chi connectivity index (χ3n) is 2.06. The summed E-state index contributed by atoms with van der Waals surface area (Å²) in [4.78, 5) is 13.3. The normalized spacial score (nSPS) is 9.93. The van der Waals surface area contributed by atoms with Crippen molar-refractivity contribution >= 4 is 23.2 Å². The molecule has 0 N–H and O–H groups in total. The van der Waals surface area contributed by atoms with Crippen molar-refractivity contribution in [1.82, 2.24) is 0 Å². The fraction of sp³-hybridized carbons (Fsp3) is 0.364. The second-order valence-corrected chi connectivity index (χ2v) is 3.40. The molecule has 1 rings (SSSR count). The highest BCUT2D eigenvalue weighted by Gasteiger charge is 2.10. The molecule has 0 aliphatic heterocycles. The molecular weight excluding hydrogens is 198 g/mol. The van der Waals surface area contributed by atoms with E-state index in [9.17, 15) is 4.79 Å². The van der Waals surface area contributed by atoms with Crippen LogP contribution in [0.2, 0.25) is 5.02 Å². The van der Waals surface area contributed by atoms with Crippen molar-refractivity contribution in [3.05, 3.63) is 29.3 Å². The van der Waals surface area contributed by atoms with Gasteiger partial charge in [0.1, 0.15) is 0 Å². The summed E-state index contributed by atoms with van der Waals surface area (Å²) in [5, 5.41) is 0.689. The fourth-order valence-corrected chi connectivity index (χ4v) is 1.44. The van der Waals surface area contributed by atoms with Gasteiger partial charge in [-0.25, -0.2) is 0 Å². The Labute approximate surface area is 89.5 Å². The van der Waals surface area contributed by atoms with Gasteiger partial charge < -0.3 is 4.90 Å². The molecule has 14 heavy (non-hydrogen) atoms. The van der Waals surface area contributed by atoms with Crippen molar-refractivity contribution < 1.29 is 4.79 Å². The predicted molar refractivity (Wildman–Crippen MR) is 59.8 cm³/mol. The van der Waals surface area contributed by atoms with Gasteiger partial charge in [-0.3, -0.25) is 4.79 Å². The van der Waals surface area contributed by atoms with Gasteiger partial charge in [0.15, 0.2) is 0 Å². The molecular formula is C11H14ClNO. The summed E-state index contributed by atoms with van der Waals surface area (Å²) in [6.45, 7) is 4.51. The molecule has 0 aromatic heterocycles. The van der Waals surface area contributed by atoms with Gasteiger partial charge in [0.05, 0.1) is 0 Å². The Kier molecular flexibility index (Phi) is 3.96. The van der Waals surface area contributed by atoms with Crippen LogP contribution in [-0.4, -0.2) is 12.5 Å². The second-order valence-electron chi connectivity index (χ2n) is 2.97. The van der Waals surface area contributed by atoms with E-state index in [-0.39, 0.29) is 5.91 Å². The third-order valence-corrected chi connectivity index (χ3v) is 2.31. The first-order valence-electron chi connectivity index (χ1n) is 4.75. The van der Waals surface area contributed by atoms with Gasteiger partial charge in [-0.2, -0.15) is 0 Å². The predicted octanol–water partition coefficient (Wildman–Crippen LogP) is 3.10. The zero-order valence-corrected chi connectivity index (χ0v) is 9.21. The van der Waals surface area contributed by atoms with Gasteiger partial charge in [0.2, 0.25) is 5.91 Å². The highest BCUT2D eigenvalue weighted by Crippen LogP contribution is 2.18. The number of hydrogen-bond acceptors (Lipinski definition) is 1. The minimum atomic E-state index is 0.134. The SMILES string of the molecule is CCC(=O)N(CC)c1ccc(Cl)cc1. The maximum atomic E-state index is 11.5. The summed E-state index contributed by atoms with van der Waals surface area (Å²) in [6, 6.07) is 7.31. The Morgan fingerprint density at radius 3 is 2.29 bits per heavy atom. The van der Waals surface area contributed by atoms with E-state index >= 15 is 0 Å². The van der Waals surface area contributed by atoms with Crippen LogP contribution < -0.4 is 4.90 Å². The molecule has 0 atom stereocenters. The molecule has 0 spiro atoms. The van der Waals surface area contributed by atoms with Crippen LogP contribution in [0.5, 0.6) is 0 Å². The first-order chi connectivity index (χ1) is 6.69. The lowest BCUT2D eigenvalue weighted by Crippen LogP contribution is -2.29. The Bertz CT molecular complexity index is 308. The summed E-state index contributed by atoms with van der Waals surface area (Å²) in [6.07, 6.45) is 0.524. The number of carbonyl (C=O) groups is 1. The third kappa shape index (κ3) is 2.48. The Morgan fingerprint density at radius 2 is 1.86 bits per heavy atom. The summed E-state index contributed by atoms with van der Waals surface area (Å²) in [7, 11) is 0. The van der Waals surface area contributed by atoms with Crippen LogP contribution in [0, 0.1) is 0 Å². The van der Waals surface area contributed by atoms with Crippen molar-refractivity contribution in [2.24, 2.45) is 0 Å². The quantitative estimate of drug-likeness (QED) is 0.753. The van der Waals surface area contributed by atoms with Crippen LogP contribution >= 0.6 is 11.6 Å². The van der Waals surface area contributed by atoms with E-state index < -0.39 is 0 Å². The first-order valence-corrected chi connectivity index (χ1v) is 5.12. The van der Waals surface area contributed by atoms with Crippen molar-refractivity contribution in [3.63, 3.8) is 0 Å². The van der Waals surface area contributed by atoms with Crippen LogP contribution in [-0.2, 0) is 4.79 Å².